The van der Waals surface area contributed by atoms with E-state index in [2.05, 4.69) is 10.4 Å². The van der Waals surface area contributed by atoms with Crippen LogP contribution in [0.2, 0.25) is 0 Å². The fourth-order valence-electron chi connectivity index (χ4n) is 2.01. The molecule has 1 rings (SSSR count). The van der Waals surface area contributed by atoms with E-state index in [4.69, 9.17) is 0 Å². The minimum absolute atomic E-state index is 0.382. The number of nitrogens with one attached hydrogen (secondary N) is 1. The smallest absolute Gasteiger partial charge is 0.329 e. The van der Waals surface area contributed by atoms with Crippen molar-refractivity contribution >= 4 is 11.9 Å². The maximum atomic E-state index is 12.2. The standard InChI is InChI=1S/C13H21N3O3/c1-5-7-13(4,12(18)19)14-11(17)10-8-9(3)15-16(10)6-2/h8H,5-7H2,1-4H3,(H,14,17)(H,18,19)/t13-/m1/s1. The molecule has 0 spiro atoms. The lowest BCUT2D eigenvalue weighted by Gasteiger charge is -2.25. The first-order valence-corrected chi connectivity index (χ1v) is 6.44. The fraction of sp³-hybridized carbons (Fsp3) is 0.615. The van der Waals surface area contributed by atoms with Gasteiger partial charge in [0, 0.05) is 6.54 Å². The van der Waals surface area contributed by atoms with Crippen LogP contribution in [0, 0.1) is 6.92 Å². The Morgan fingerprint density at radius 1 is 1.47 bits per heavy atom. The van der Waals surface area contributed by atoms with Crippen molar-refractivity contribution in [1.82, 2.24) is 15.1 Å². The normalized spacial score (nSPS) is 13.9. The Bertz CT molecular complexity index is 481. The second-order valence-electron chi connectivity index (χ2n) is 4.83. The van der Waals surface area contributed by atoms with Gasteiger partial charge in [0.15, 0.2) is 0 Å². The van der Waals surface area contributed by atoms with E-state index in [1.54, 1.807) is 17.7 Å². The Morgan fingerprint density at radius 2 is 2.11 bits per heavy atom. The summed E-state index contributed by atoms with van der Waals surface area (Å²) >= 11 is 0. The molecule has 19 heavy (non-hydrogen) atoms. The number of aryl methyl sites for hydroxylation is 2. The maximum Gasteiger partial charge on any atom is 0.329 e. The second kappa shape index (κ2) is 5.86. The number of aromatic nitrogens is 2. The van der Waals surface area contributed by atoms with Crippen LogP contribution in [0.15, 0.2) is 6.07 Å². The molecule has 0 radical (unpaired) electrons. The first-order valence-electron chi connectivity index (χ1n) is 6.44. The van der Waals surface area contributed by atoms with Crippen molar-refractivity contribution in [2.75, 3.05) is 0 Å². The molecular formula is C13H21N3O3. The first-order chi connectivity index (χ1) is 8.84. The lowest BCUT2D eigenvalue weighted by atomic mass is 9.96. The number of carboxylic acid groups (broad SMARTS) is 1. The number of nitrogens with zero attached hydrogens (tertiary/aromatic N) is 2. The SMILES string of the molecule is CCC[C@@](C)(NC(=O)c1cc(C)nn1CC)C(=O)O. The van der Waals surface area contributed by atoms with Gasteiger partial charge in [-0.25, -0.2) is 4.79 Å². The highest BCUT2D eigenvalue weighted by Crippen LogP contribution is 2.14. The summed E-state index contributed by atoms with van der Waals surface area (Å²) in [6, 6.07) is 1.66. The molecule has 6 heteroatoms. The van der Waals surface area contributed by atoms with E-state index in [1.165, 1.54) is 6.92 Å². The highest BCUT2D eigenvalue weighted by Gasteiger charge is 2.34. The monoisotopic (exact) mass is 267 g/mol. The number of hydrogen-bond acceptors (Lipinski definition) is 3. The third kappa shape index (κ3) is 3.33. The van der Waals surface area contributed by atoms with Crippen molar-refractivity contribution in [3.8, 4) is 0 Å². The minimum atomic E-state index is -1.25. The van der Waals surface area contributed by atoms with Crippen molar-refractivity contribution < 1.29 is 14.7 Å². The Morgan fingerprint density at radius 3 is 2.58 bits per heavy atom. The quantitative estimate of drug-likeness (QED) is 0.819. The van der Waals surface area contributed by atoms with Gasteiger partial charge in [-0.1, -0.05) is 13.3 Å². The van der Waals surface area contributed by atoms with E-state index in [0.29, 0.717) is 25.1 Å². The molecule has 0 aromatic carbocycles. The molecule has 0 aliphatic carbocycles. The summed E-state index contributed by atoms with van der Waals surface area (Å²) in [5.74, 6) is -1.43. The number of amides is 1. The largest absolute Gasteiger partial charge is 0.480 e. The summed E-state index contributed by atoms with van der Waals surface area (Å²) in [6.45, 7) is 7.65. The summed E-state index contributed by atoms with van der Waals surface area (Å²) < 4.78 is 1.57. The van der Waals surface area contributed by atoms with Crippen LogP contribution in [0.5, 0.6) is 0 Å². The van der Waals surface area contributed by atoms with Gasteiger partial charge in [0.2, 0.25) is 0 Å². The van der Waals surface area contributed by atoms with E-state index in [0.717, 1.165) is 5.69 Å². The molecule has 0 saturated heterocycles. The number of carboxylic acids is 1. The molecule has 106 valence electrons. The molecule has 1 heterocycles. The lowest BCUT2D eigenvalue weighted by molar-refractivity contribution is -0.144. The second-order valence-corrected chi connectivity index (χ2v) is 4.83. The van der Waals surface area contributed by atoms with Crippen LogP contribution in [0.1, 0.15) is 49.8 Å². The van der Waals surface area contributed by atoms with Crippen LogP contribution >= 0.6 is 0 Å². The molecule has 0 unspecified atom stereocenters. The van der Waals surface area contributed by atoms with Gasteiger partial charge in [0.1, 0.15) is 11.2 Å². The van der Waals surface area contributed by atoms with Crippen molar-refractivity contribution in [1.29, 1.82) is 0 Å². The molecule has 6 nitrogen and oxygen atoms in total. The van der Waals surface area contributed by atoms with E-state index in [1.807, 2.05) is 13.8 Å². The zero-order valence-electron chi connectivity index (χ0n) is 11.9. The average Bonchev–Trinajstić information content (AvgIpc) is 2.70. The highest BCUT2D eigenvalue weighted by atomic mass is 16.4. The highest BCUT2D eigenvalue weighted by molar-refractivity contribution is 5.96. The predicted molar refractivity (Wildman–Crippen MR) is 71.1 cm³/mol. The van der Waals surface area contributed by atoms with Gasteiger partial charge >= 0.3 is 5.97 Å². The van der Waals surface area contributed by atoms with Crippen LogP contribution in [0.4, 0.5) is 0 Å². The Kier molecular flexibility index (Phi) is 4.69. The molecule has 0 bridgehead atoms. The van der Waals surface area contributed by atoms with Gasteiger partial charge in [0.25, 0.3) is 5.91 Å². The van der Waals surface area contributed by atoms with E-state index >= 15 is 0 Å². The summed E-state index contributed by atoms with van der Waals surface area (Å²) in [6.07, 6.45) is 1.06. The predicted octanol–water partition coefficient (Wildman–Crippen LogP) is 1.58. The minimum Gasteiger partial charge on any atom is -0.480 e. The molecule has 0 aliphatic heterocycles. The van der Waals surface area contributed by atoms with Crippen molar-refractivity contribution in [3.05, 3.63) is 17.5 Å². The first kappa shape index (κ1) is 15.2. The molecule has 1 aromatic heterocycles. The van der Waals surface area contributed by atoms with Crippen LogP contribution < -0.4 is 5.32 Å². The van der Waals surface area contributed by atoms with Gasteiger partial charge in [0.05, 0.1) is 5.69 Å². The third-order valence-electron chi connectivity index (χ3n) is 3.05. The van der Waals surface area contributed by atoms with E-state index < -0.39 is 17.4 Å². The van der Waals surface area contributed by atoms with Gasteiger partial charge in [-0.15, -0.1) is 0 Å². The van der Waals surface area contributed by atoms with Crippen molar-refractivity contribution in [2.24, 2.45) is 0 Å². The zero-order chi connectivity index (χ0) is 14.6. The van der Waals surface area contributed by atoms with Gasteiger partial charge < -0.3 is 10.4 Å². The number of hydrogen-bond donors (Lipinski definition) is 2. The van der Waals surface area contributed by atoms with Gasteiger partial charge in [-0.05, 0) is 33.3 Å². The maximum absolute atomic E-state index is 12.2. The van der Waals surface area contributed by atoms with Gasteiger partial charge in [-0.2, -0.15) is 5.10 Å². The number of carbonyl (C=O) groups excluding carboxylic acids is 1. The Labute approximate surface area is 112 Å². The number of carbonyl (C=O) groups is 2. The summed E-state index contributed by atoms with van der Waals surface area (Å²) in [5.41, 5.74) is -0.120. The van der Waals surface area contributed by atoms with Gasteiger partial charge in [-0.3, -0.25) is 9.48 Å². The molecule has 1 atom stereocenters. The summed E-state index contributed by atoms with van der Waals surface area (Å²) in [4.78, 5) is 23.5. The lowest BCUT2D eigenvalue weighted by Crippen LogP contribution is -2.52. The van der Waals surface area contributed by atoms with E-state index in [9.17, 15) is 14.7 Å². The molecular weight excluding hydrogens is 246 g/mol. The molecule has 0 aliphatic rings. The average molecular weight is 267 g/mol. The molecule has 1 amide bonds. The topological polar surface area (TPSA) is 84.2 Å². The van der Waals surface area contributed by atoms with Crippen LogP contribution in [0.3, 0.4) is 0 Å². The Balaban J connectivity index is 2.97. The number of aliphatic carboxylic acids is 1. The molecule has 1 aromatic rings. The van der Waals surface area contributed by atoms with Crippen LogP contribution in [-0.2, 0) is 11.3 Å². The molecule has 2 N–H and O–H groups in total. The summed E-state index contributed by atoms with van der Waals surface area (Å²) in [7, 11) is 0. The van der Waals surface area contributed by atoms with Crippen LogP contribution in [-0.4, -0.2) is 32.3 Å². The molecule has 0 fully saturated rings. The fourth-order valence-corrected chi connectivity index (χ4v) is 2.01. The summed E-state index contributed by atoms with van der Waals surface area (Å²) in [5, 5.41) is 16.0. The van der Waals surface area contributed by atoms with E-state index in [-0.39, 0.29) is 0 Å². The Hall–Kier alpha value is -1.85. The van der Waals surface area contributed by atoms with Crippen LogP contribution in [0.25, 0.3) is 0 Å². The van der Waals surface area contributed by atoms with Crippen molar-refractivity contribution in [3.63, 3.8) is 0 Å². The van der Waals surface area contributed by atoms with Crippen molar-refractivity contribution in [2.45, 2.75) is 52.6 Å². The zero-order valence-corrected chi connectivity index (χ0v) is 11.9. The number of rotatable bonds is 6. The third-order valence-corrected chi connectivity index (χ3v) is 3.05. The molecule has 0 saturated carbocycles.